The molecule has 0 unspecified atom stereocenters. The predicted octanol–water partition coefficient (Wildman–Crippen LogP) is 4.43. The van der Waals surface area contributed by atoms with E-state index < -0.39 is 5.60 Å². The Morgan fingerprint density at radius 3 is 1.51 bits per heavy atom. The van der Waals surface area contributed by atoms with Crippen LogP contribution in [0.4, 0.5) is 16.2 Å². The largest absolute Gasteiger partial charge is 0.444 e. The van der Waals surface area contributed by atoms with Crippen LogP contribution >= 0.6 is 48.0 Å². The summed E-state index contributed by atoms with van der Waals surface area (Å²) in [6.07, 6.45) is -0.352. The van der Waals surface area contributed by atoms with Crippen molar-refractivity contribution in [3.63, 3.8) is 0 Å². The van der Waals surface area contributed by atoms with Crippen LogP contribution in [0, 0.1) is 0 Å². The molecular weight excluding hydrogens is 614 g/mol. The van der Waals surface area contributed by atoms with Gasteiger partial charge in [0.1, 0.15) is 5.60 Å². The van der Waals surface area contributed by atoms with Crippen LogP contribution in [0.25, 0.3) is 0 Å². The Labute approximate surface area is 263 Å². The molecule has 0 aliphatic carbocycles. The topological polar surface area (TPSA) is 134 Å². The maximum absolute atomic E-state index is 12.5. The van der Waals surface area contributed by atoms with Gasteiger partial charge in [-0.3, -0.25) is 9.59 Å². The molecular formula is C27H38Cl4N6O4. The van der Waals surface area contributed by atoms with Crippen molar-refractivity contribution in [1.29, 1.82) is 0 Å². The highest BCUT2D eigenvalue weighted by atomic mass is 35.5. The van der Waals surface area contributed by atoms with Crippen molar-refractivity contribution in [3.05, 3.63) is 57.6 Å². The van der Waals surface area contributed by atoms with Gasteiger partial charge in [0.25, 0.3) is 11.8 Å². The number of piperazine rings is 2. The van der Waals surface area contributed by atoms with Crippen LogP contribution in [0.15, 0.2) is 36.4 Å². The standard InChI is InChI=1S/C16H22ClN3O3.C11H14ClN3O.2ClH/c1-16(2,3)23-15(22)20-8-6-19(7-9-20)14(21)12-5-4-11(18)10-13(12)17;12-10-7-8(13)1-2-9(10)11(16)15-5-3-14-4-6-15;;/h4-5,10H,6-9,18H2,1-3H3;1-2,7,14H,3-6,13H2;2*1H. The van der Waals surface area contributed by atoms with Gasteiger partial charge in [0.15, 0.2) is 0 Å². The molecule has 5 N–H and O–H groups in total. The molecule has 4 rings (SSSR count). The maximum atomic E-state index is 12.5. The van der Waals surface area contributed by atoms with Crippen molar-refractivity contribution in [2.24, 2.45) is 0 Å². The fourth-order valence-electron chi connectivity index (χ4n) is 4.04. The first-order valence-electron chi connectivity index (χ1n) is 12.7. The van der Waals surface area contributed by atoms with Gasteiger partial charge in [-0.15, -0.1) is 24.8 Å². The molecule has 2 aromatic carbocycles. The van der Waals surface area contributed by atoms with Crippen LogP contribution in [-0.2, 0) is 4.74 Å². The molecule has 2 aromatic rings. The molecule has 0 aromatic heterocycles. The van der Waals surface area contributed by atoms with E-state index in [1.165, 1.54) is 0 Å². The number of nitrogen functional groups attached to an aromatic ring is 2. The van der Waals surface area contributed by atoms with E-state index in [0.717, 1.165) is 26.2 Å². The summed E-state index contributed by atoms with van der Waals surface area (Å²) in [5.41, 5.74) is 12.7. The molecule has 0 atom stereocenters. The number of benzene rings is 2. The molecule has 0 radical (unpaired) electrons. The zero-order chi connectivity index (χ0) is 28.7. The summed E-state index contributed by atoms with van der Waals surface area (Å²) in [5, 5.41) is 3.96. The van der Waals surface area contributed by atoms with Crippen LogP contribution < -0.4 is 16.8 Å². The van der Waals surface area contributed by atoms with Gasteiger partial charge in [-0.25, -0.2) is 4.79 Å². The van der Waals surface area contributed by atoms with Gasteiger partial charge in [0, 0.05) is 63.7 Å². The minimum Gasteiger partial charge on any atom is -0.444 e. The van der Waals surface area contributed by atoms with E-state index in [4.69, 9.17) is 39.4 Å². The van der Waals surface area contributed by atoms with E-state index in [1.54, 1.807) is 51.1 Å². The number of halogens is 4. The Balaban J connectivity index is 0.000000413. The number of amides is 3. The molecule has 2 fully saturated rings. The molecule has 0 saturated carbocycles. The normalized spacial score (nSPS) is 15.0. The van der Waals surface area contributed by atoms with Crippen LogP contribution in [0.5, 0.6) is 0 Å². The minimum atomic E-state index is -0.526. The summed E-state index contributed by atoms with van der Waals surface area (Å²) >= 11 is 12.1. The molecule has 228 valence electrons. The number of rotatable bonds is 2. The van der Waals surface area contributed by atoms with Crippen LogP contribution in [0.3, 0.4) is 0 Å². The van der Waals surface area contributed by atoms with Crippen molar-refractivity contribution < 1.29 is 19.1 Å². The molecule has 0 bridgehead atoms. The van der Waals surface area contributed by atoms with Gasteiger partial charge < -0.3 is 36.2 Å². The number of nitrogens with zero attached hydrogens (tertiary/aromatic N) is 3. The van der Waals surface area contributed by atoms with E-state index in [0.29, 0.717) is 58.7 Å². The first kappa shape index (κ1) is 36.4. The van der Waals surface area contributed by atoms with E-state index in [9.17, 15) is 14.4 Å². The predicted molar refractivity (Wildman–Crippen MR) is 169 cm³/mol. The molecule has 14 heteroatoms. The highest BCUT2D eigenvalue weighted by Crippen LogP contribution is 2.22. The Morgan fingerprint density at radius 2 is 1.12 bits per heavy atom. The first-order chi connectivity index (χ1) is 18.4. The molecule has 2 heterocycles. The Bertz CT molecular complexity index is 1200. The molecule has 2 aliphatic rings. The van der Waals surface area contributed by atoms with E-state index in [1.807, 2.05) is 20.8 Å². The third kappa shape index (κ3) is 10.6. The van der Waals surface area contributed by atoms with Gasteiger partial charge in [0.05, 0.1) is 21.2 Å². The van der Waals surface area contributed by atoms with Crippen LogP contribution in [0.2, 0.25) is 10.0 Å². The van der Waals surface area contributed by atoms with E-state index >= 15 is 0 Å². The summed E-state index contributed by atoms with van der Waals surface area (Å²) < 4.78 is 5.34. The van der Waals surface area contributed by atoms with Crippen LogP contribution in [-0.4, -0.2) is 90.6 Å². The lowest BCUT2D eigenvalue weighted by Crippen LogP contribution is -2.51. The Morgan fingerprint density at radius 1 is 0.732 bits per heavy atom. The second-order valence-corrected chi connectivity index (χ2v) is 11.1. The summed E-state index contributed by atoms with van der Waals surface area (Å²) in [7, 11) is 0. The highest BCUT2D eigenvalue weighted by molar-refractivity contribution is 6.34. The average molecular weight is 652 g/mol. The first-order valence-corrected chi connectivity index (χ1v) is 13.5. The number of carbonyl (C=O) groups excluding carboxylic acids is 3. The van der Waals surface area contributed by atoms with E-state index in [2.05, 4.69) is 5.32 Å². The quantitative estimate of drug-likeness (QED) is 0.409. The lowest BCUT2D eigenvalue weighted by molar-refractivity contribution is 0.0141. The minimum absolute atomic E-state index is 0. The Kier molecular flexibility index (Phi) is 14.3. The second kappa shape index (κ2) is 16.1. The number of hydrogen-bond donors (Lipinski definition) is 3. The SMILES string of the molecule is CC(C)(C)OC(=O)N1CCN(C(=O)c2ccc(N)cc2Cl)CC1.Cl.Cl.Nc1ccc(C(=O)N2CCNCC2)c(Cl)c1. The monoisotopic (exact) mass is 650 g/mol. The second-order valence-electron chi connectivity index (χ2n) is 10.3. The summed E-state index contributed by atoms with van der Waals surface area (Å²) in [4.78, 5) is 41.7. The lowest BCUT2D eigenvalue weighted by Gasteiger charge is -2.35. The summed E-state index contributed by atoms with van der Waals surface area (Å²) in [6.45, 7) is 10.4. The molecule has 3 amide bonds. The fourth-order valence-corrected chi connectivity index (χ4v) is 4.58. The van der Waals surface area contributed by atoms with Crippen molar-refractivity contribution in [2.75, 3.05) is 63.8 Å². The zero-order valence-electron chi connectivity index (χ0n) is 23.3. The Hall–Kier alpha value is -2.63. The number of hydrogen-bond acceptors (Lipinski definition) is 7. The fraction of sp³-hybridized carbons (Fsp3) is 0.444. The number of anilines is 2. The van der Waals surface area contributed by atoms with Crippen molar-refractivity contribution in [3.8, 4) is 0 Å². The molecule has 0 spiro atoms. The molecule has 2 aliphatic heterocycles. The average Bonchev–Trinajstić information content (AvgIpc) is 2.88. The van der Waals surface area contributed by atoms with Crippen molar-refractivity contribution >= 4 is 77.3 Å². The van der Waals surface area contributed by atoms with Gasteiger partial charge in [0.2, 0.25) is 0 Å². The third-order valence-electron chi connectivity index (χ3n) is 6.07. The molecule has 10 nitrogen and oxygen atoms in total. The van der Waals surface area contributed by atoms with Gasteiger partial charge in [-0.1, -0.05) is 23.2 Å². The number of carbonyl (C=O) groups is 3. The van der Waals surface area contributed by atoms with Gasteiger partial charge in [-0.2, -0.15) is 0 Å². The zero-order valence-corrected chi connectivity index (χ0v) is 26.5. The van der Waals surface area contributed by atoms with Gasteiger partial charge in [-0.05, 0) is 57.2 Å². The molecule has 2 saturated heterocycles. The number of ether oxygens (including phenoxy) is 1. The smallest absolute Gasteiger partial charge is 0.410 e. The number of nitrogens with one attached hydrogen (secondary N) is 1. The third-order valence-corrected chi connectivity index (χ3v) is 6.70. The van der Waals surface area contributed by atoms with Crippen LogP contribution in [0.1, 0.15) is 41.5 Å². The summed E-state index contributed by atoms with van der Waals surface area (Å²) in [6, 6.07) is 9.82. The van der Waals surface area contributed by atoms with Gasteiger partial charge >= 0.3 is 6.09 Å². The maximum Gasteiger partial charge on any atom is 0.410 e. The molecule has 41 heavy (non-hydrogen) atoms. The van der Waals surface area contributed by atoms with E-state index in [-0.39, 0.29) is 42.7 Å². The summed E-state index contributed by atoms with van der Waals surface area (Å²) in [5.74, 6) is -0.176. The van der Waals surface area contributed by atoms with Crippen molar-refractivity contribution in [1.82, 2.24) is 20.0 Å². The number of nitrogens with two attached hydrogens (primary N) is 2. The highest BCUT2D eigenvalue weighted by Gasteiger charge is 2.28. The van der Waals surface area contributed by atoms with Crippen molar-refractivity contribution in [2.45, 2.75) is 26.4 Å². The lowest BCUT2D eigenvalue weighted by atomic mass is 10.1.